The van der Waals surface area contributed by atoms with Gasteiger partial charge in [-0.05, 0) is 24.3 Å². The molecule has 0 aliphatic heterocycles. The maximum Gasteiger partial charge on any atom is 0.416 e. The van der Waals surface area contributed by atoms with E-state index in [1.54, 1.807) is 6.07 Å². The molecule has 0 radical (unpaired) electrons. The molecule has 134 valence electrons. The molecule has 3 nitrogen and oxygen atoms in total. The van der Waals surface area contributed by atoms with Gasteiger partial charge in [0.2, 0.25) is 10.0 Å². The Balaban J connectivity index is 2.43. The molecule has 2 aromatic carbocycles. The summed E-state index contributed by atoms with van der Waals surface area (Å²) in [6, 6.07) is 9.03. The minimum absolute atomic E-state index is 0.111. The van der Waals surface area contributed by atoms with Crippen molar-refractivity contribution in [3.8, 4) is 0 Å². The van der Waals surface area contributed by atoms with Gasteiger partial charge in [0.25, 0.3) is 0 Å². The summed E-state index contributed by atoms with van der Waals surface area (Å²) >= 11 is 0. The molecular weight excluding hydrogens is 358 g/mol. The van der Waals surface area contributed by atoms with E-state index in [-0.39, 0.29) is 18.7 Å². The molecule has 0 unspecified atom stereocenters. The minimum Gasteiger partial charge on any atom is -0.207 e. The molecule has 0 aliphatic carbocycles. The lowest BCUT2D eigenvalue weighted by molar-refractivity contribution is -0.137. The second-order valence-electron chi connectivity index (χ2n) is 5.20. The van der Waals surface area contributed by atoms with Crippen molar-refractivity contribution < 1.29 is 26.0 Å². The van der Waals surface area contributed by atoms with Crippen LogP contribution in [0.3, 0.4) is 0 Å². The highest BCUT2D eigenvalue weighted by Gasteiger charge is 2.33. The van der Waals surface area contributed by atoms with E-state index in [0.717, 1.165) is 22.5 Å². The number of rotatable bonds is 6. The van der Waals surface area contributed by atoms with E-state index in [9.17, 15) is 26.0 Å². The van der Waals surface area contributed by atoms with Crippen LogP contribution in [0.5, 0.6) is 0 Å². The van der Waals surface area contributed by atoms with E-state index < -0.39 is 32.5 Å². The van der Waals surface area contributed by atoms with Crippen LogP contribution in [0.1, 0.15) is 11.1 Å². The van der Waals surface area contributed by atoms with Gasteiger partial charge in [-0.2, -0.15) is 17.5 Å². The second-order valence-corrected chi connectivity index (χ2v) is 7.14. The molecule has 0 N–H and O–H groups in total. The monoisotopic (exact) mass is 373 g/mol. The summed E-state index contributed by atoms with van der Waals surface area (Å²) in [4.78, 5) is -0.513. The average molecular weight is 373 g/mol. The van der Waals surface area contributed by atoms with Crippen LogP contribution in [0.2, 0.25) is 0 Å². The fourth-order valence-corrected chi connectivity index (χ4v) is 3.63. The molecule has 0 spiro atoms. The van der Waals surface area contributed by atoms with Crippen molar-refractivity contribution in [2.75, 3.05) is 6.54 Å². The van der Waals surface area contributed by atoms with E-state index in [0.29, 0.717) is 6.07 Å². The van der Waals surface area contributed by atoms with E-state index in [4.69, 9.17) is 0 Å². The van der Waals surface area contributed by atoms with E-state index >= 15 is 0 Å². The molecule has 2 aromatic rings. The Labute approximate surface area is 143 Å². The zero-order valence-corrected chi connectivity index (χ0v) is 13.8. The summed E-state index contributed by atoms with van der Waals surface area (Å²) in [5, 5.41) is 0. The van der Waals surface area contributed by atoms with Crippen molar-refractivity contribution in [2.45, 2.75) is 17.6 Å². The van der Waals surface area contributed by atoms with Gasteiger partial charge in [0.1, 0.15) is 5.82 Å². The summed E-state index contributed by atoms with van der Waals surface area (Å²) in [5.41, 5.74) is -0.960. The molecule has 0 aliphatic rings. The van der Waals surface area contributed by atoms with Crippen LogP contribution in [0.25, 0.3) is 0 Å². The number of hydrogen-bond donors (Lipinski definition) is 0. The van der Waals surface area contributed by atoms with E-state index in [1.165, 1.54) is 24.3 Å². The molecule has 0 saturated carbocycles. The first kappa shape index (κ1) is 19.1. The molecule has 0 heterocycles. The van der Waals surface area contributed by atoms with E-state index in [1.807, 2.05) is 0 Å². The molecule has 0 atom stereocenters. The van der Waals surface area contributed by atoms with Gasteiger partial charge in [-0.1, -0.05) is 30.3 Å². The first-order valence-electron chi connectivity index (χ1n) is 7.18. The predicted molar refractivity (Wildman–Crippen MR) is 85.6 cm³/mol. The van der Waals surface area contributed by atoms with E-state index in [2.05, 4.69) is 6.58 Å². The second kappa shape index (κ2) is 7.37. The Morgan fingerprint density at radius 3 is 2.36 bits per heavy atom. The maximum atomic E-state index is 13.8. The SMILES string of the molecule is C=CCN(Cc1ccccc1F)S(=O)(=O)c1cccc(C(F)(F)F)c1. The van der Waals surface area contributed by atoms with Crippen LogP contribution in [-0.4, -0.2) is 19.3 Å². The van der Waals surface area contributed by atoms with Gasteiger partial charge in [0.05, 0.1) is 10.5 Å². The quantitative estimate of drug-likeness (QED) is 0.562. The normalized spacial score (nSPS) is 12.4. The highest BCUT2D eigenvalue weighted by molar-refractivity contribution is 7.89. The lowest BCUT2D eigenvalue weighted by atomic mass is 10.2. The fourth-order valence-electron chi connectivity index (χ4n) is 2.19. The Morgan fingerprint density at radius 1 is 1.08 bits per heavy atom. The topological polar surface area (TPSA) is 37.4 Å². The van der Waals surface area contributed by atoms with Crippen molar-refractivity contribution in [3.05, 3.63) is 78.1 Å². The lowest BCUT2D eigenvalue weighted by Crippen LogP contribution is -2.31. The molecule has 0 aromatic heterocycles. The van der Waals surface area contributed by atoms with Crippen LogP contribution in [0.4, 0.5) is 17.6 Å². The largest absolute Gasteiger partial charge is 0.416 e. The summed E-state index contributed by atoms with van der Waals surface area (Å²) < 4.78 is 78.6. The van der Waals surface area contributed by atoms with Gasteiger partial charge >= 0.3 is 6.18 Å². The van der Waals surface area contributed by atoms with Crippen molar-refractivity contribution >= 4 is 10.0 Å². The first-order chi connectivity index (χ1) is 11.7. The number of alkyl halides is 3. The van der Waals surface area contributed by atoms with Crippen molar-refractivity contribution in [2.24, 2.45) is 0 Å². The number of hydrogen-bond acceptors (Lipinski definition) is 2. The van der Waals surface area contributed by atoms with Crippen LogP contribution >= 0.6 is 0 Å². The van der Waals surface area contributed by atoms with Crippen LogP contribution in [-0.2, 0) is 22.7 Å². The van der Waals surface area contributed by atoms with Gasteiger partial charge in [-0.25, -0.2) is 12.8 Å². The molecule has 0 amide bonds. The van der Waals surface area contributed by atoms with Crippen LogP contribution < -0.4 is 0 Å². The highest BCUT2D eigenvalue weighted by Crippen LogP contribution is 2.31. The number of halogens is 4. The van der Waals surface area contributed by atoms with Crippen molar-refractivity contribution in [1.82, 2.24) is 4.31 Å². The number of nitrogens with zero attached hydrogens (tertiary/aromatic N) is 1. The summed E-state index contributed by atoms with van der Waals surface area (Å²) in [6.45, 7) is 2.95. The molecule has 2 rings (SSSR count). The molecule has 0 fully saturated rings. The third-order valence-corrected chi connectivity index (χ3v) is 5.24. The highest BCUT2D eigenvalue weighted by atomic mass is 32.2. The summed E-state index contributed by atoms with van der Waals surface area (Å²) in [5.74, 6) is -0.601. The van der Waals surface area contributed by atoms with Gasteiger partial charge in [-0.15, -0.1) is 6.58 Å². The Kier molecular flexibility index (Phi) is 5.64. The standard InChI is InChI=1S/C17H15F4NO2S/c1-2-10-22(12-13-6-3-4-9-16(13)18)25(23,24)15-8-5-7-14(11-15)17(19,20)21/h2-9,11H,1,10,12H2. The van der Waals surface area contributed by atoms with Crippen LogP contribution in [0, 0.1) is 5.82 Å². The Morgan fingerprint density at radius 2 is 1.76 bits per heavy atom. The van der Waals surface area contributed by atoms with Gasteiger partial charge in [0.15, 0.2) is 0 Å². The van der Waals surface area contributed by atoms with Gasteiger partial charge in [-0.3, -0.25) is 0 Å². The maximum absolute atomic E-state index is 13.8. The molecule has 0 bridgehead atoms. The fraction of sp³-hybridized carbons (Fsp3) is 0.176. The zero-order chi connectivity index (χ0) is 18.7. The van der Waals surface area contributed by atoms with Gasteiger partial charge < -0.3 is 0 Å². The Bertz CT molecular complexity index is 863. The molecule has 25 heavy (non-hydrogen) atoms. The average Bonchev–Trinajstić information content (AvgIpc) is 2.55. The Hall–Kier alpha value is -2.19. The predicted octanol–water partition coefficient (Wildman–Crippen LogP) is 4.22. The number of sulfonamides is 1. The molecule has 8 heteroatoms. The smallest absolute Gasteiger partial charge is 0.207 e. The lowest BCUT2D eigenvalue weighted by Gasteiger charge is -2.21. The first-order valence-corrected chi connectivity index (χ1v) is 8.62. The third-order valence-electron chi connectivity index (χ3n) is 3.44. The summed E-state index contributed by atoms with van der Waals surface area (Å²) in [6.07, 6.45) is -3.38. The molecular formula is C17H15F4NO2S. The van der Waals surface area contributed by atoms with Crippen LogP contribution in [0.15, 0.2) is 66.1 Å². The van der Waals surface area contributed by atoms with Gasteiger partial charge in [0, 0.05) is 18.7 Å². The zero-order valence-electron chi connectivity index (χ0n) is 13.0. The molecule has 0 saturated heterocycles. The van der Waals surface area contributed by atoms with Crippen molar-refractivity contribution in [1.29, 1.82) is 0 Å². The third kappa shape index (κ3) is 4.46. The number of benzene rings is 2. The summed E-state index contributed by atoms with van der Waals surface area (Å²) in [7, 11) is -4.27. The van der Waals surface area contributed by atoms with Crippen molar-refractivity contribution in [3.63, 3.8) is 0 Å². The minimum atomic E-state index is -4.67.